The van der Waals surface area contributed by atoms with Crippen molar-refractivity contribution in [3.63, 3.8) is 0 Å². The van der Waals surface area contributed by atoms with Crippen LogP contribution >= 0.6 is 11.3 Å². The van der Waals surface area contributed by atoms with Crippen LogP contribution in [0.3, 0.4) is 0 Å². The van der Waals surface area contributed by atoms with Crippen LogP contribution in [0.4, 0.5) is 0 Å². The van der Waals surface area contributed by atoms with Gasteiger partial charge >= 0.3 is 0 Å². The first-order valence-corrected chi connectivity index (χ1v) is 10.9. The molecule has 28 heavy (non-hydrogen) atoms. The maximum absolute atomic E-state index is 12.6. The summed E-state index contributed by atoms with van der Waals surface area (Å²) >= 11 is 1.51. The van der Waals surface area contributed by atoms with Crippen LogP contribution in [0, 0.1) is 13.8 Å². The number of hydrogen-bond donors (Lipinski definition) is 1. The van der Waals surface area contributed by atoms with E-state index in [-0.39, 0.29) is 10.8 Å². The van der Waals surface area contributed by atoms with Gasteiger partial charge in [-0.25, -0.2) is 17.7 Å². The molecule has 0 aliphatic rings. The second kappa shape index (κ2) is 7.86. The molecule has 0 saturated carbocycles. The Morgan fingerprint density at radius 1 is 1.21 bits per heavy atom. The Kier molecular flexibility index (Phi) is 5.69. The third-order valence-electron chi connectivity index (χ3n) is 4.44. The van der Waals surface area contributed by atoms with Crippen LogP contribution in [-0.4, -0.2) is 42.3 Å². The zero-order chi connectivity index (χ0) is 20.5. The van der Waals surface area contributed by atoms with Crippen LogP contribution in [-0.2, 0) is 16.6 Å². The average Bonchev–Trinajstić information content (AvgIpc) is 3.27. The number of benzene rings is 1. The number of aromatic nitrogens is 2. The smallest absolute Gasteiger partial charge is 0.253 e. The molecule has 2 heterocycles. The summed E-state index contributed by atoms with van der Waals surface area (Å²) in [4.78, 5) is 17.2. The molecule has 1 amide bonds. The fraction of sp³-hybridized carbons (Fsp3) is 0.263. The van der Waals surface area contributed by atoms with Gasteiger partial charge in [-0.2, -0.15) is 0 Å². The molecule has 3 aromatic rings. The Morgan fingerprint density at radius 3 is 2.46 bits per heavy atom. The van der Waals surface area contributed by atoms with Gasteiger partial charge < -0.3 is 5.32 Å². The minimum atomic E-state index is -3.46. The summed E-state index contributed by atoms with van der Waals surface area (Å²) in [5.74, 6) is -0.180. The van der Waals surface area contributed by atoms with E-state index < -0.39 is 10.0 Å². The van der Waals surface area contributed by atoms with E-state index in [1.807, 2.05) is 29.9 Å². The summed E-state index contributed by atoms with van der Waals surface area (Å²) in [6, 6.07) is 8.35. The van der Waals surface area contributed by atoms with Crippen molar-refractivity contribution < 1.29 is 13.2 Å². The molecular formula is C19H22N4O3S2. The van der Waals surface area contributed by atoms with Gasteiger partial charge in [0.2, 0.25) is 10.0 Å². The molecule has 0 fully saturated rings. The third-order valence-corrected chi connectivity index (χ3v) is 7.03. The maximum atomic E-state index is 12.6. The molecule has 0 unspecified atom stereocenters. The van der Waals surface area contributed by atoms with E-state index in [1.54, 1.807) is 30.5 Å². The van der Waals surface area contributed by atoms with Gasteiger partial charge in [-0.1, -0.05) is 12.1 Å². The highest BCUT2D eigenvalue weighted by Gasteiger charge is 2.18. The summed E-state index contributed by atoms with van der Waals surface area (Å²) in [7, 11) is -0.475. The van der Waals surface area contributed by atoms with Crippen molar-refractivity contribution in [3.8, 4) is 5.13 Å². The van der Waals surface area contributed by atoms with Crippen LogP contribution in [0.25, 0.3) is 5.13 Å². The predicted molar refractivity (Wildman–Crippen MR) is 109 cm³/mol. The Bertz CT molecular complexity index is 1080. The molecule has 0 spiro atoms. The first-order chi connectivity index (χ1) is 13.2. The van der Waals surface area contributed by atoms with Crippen molar-refractivity contribution in [3.05, 3.63) is 64.4 Å². The molecule has 0 atom stereocenters. The topological polar surface area (TPSA) is 84.3 Å². The van der Waals surface area contributed by atoms with E-state index in [0.29, 0.717) is 12.1 Å². The average molecular weight is 419 g/mol. The standard InChI is InChI=1S/C19H22N4O3S2/c1-13-11-17(14(2)23(13)19-20-9-10-27-19)18(24)21-12-15-5-7-16(8-6-15)28(25,26)22(3)4/h5-11H,12H2,1-4H3,(H,21,24). The normalized spacial score (nSPS) is 11.8. The van der Waals surface area contributed by atoms with Crippen molar-refractivity contribution in [2.75, 3.05) is 14.1 Å². The molecule has 1 N–H and O–H groups in total. The number of amides is 1. The molecule has 3 rings (SSSR count). The summed E-state index contributed by atoms with van der Waals surface area (Å²) in [5.41, 5.74) is 3.19. The molecule has 1 aromatic carbocycles. The zero-order valence-electron chi connectivity index (χ0n) is 16.1. The zero-order valence-corrected chi connectivity index (χ0v) is 17.8. The lowest BCUT2D eigenvalue weighted by molar-refractivity contribution is 0.0950. The summed E-state index contributed by atoms with van der Waals surface area (Å²) in [6.07, 6.45) is 1.73. The van der Waals surface area contributed by atoms with Crippen molar-refractivity contribution >= 4 is 27.3 Å². The predicted octanol–water partition coefficient (Wildman–Crippen LogP) is 2.73. The van der Waals surface area contributed by atoms with E-state index >= 15 is 0 Å². The number of thiazole rings is 1. The fourth-order valence-corrected chi connectivity index (χ4v) is 4.53. The second-order valence-corrected chi connectivity index (χ2v) is 9.57. The van der Waals surface area contributed by atoms with Crippen molar-refractivity contribution in [1.82, 2.24) is 19.2 Å². The van der Waals surface area contributed by atoms with Gasteiger partial charge in [0.15, 0.2) is 5.13 Å². The number of nitrogens with zero attached hydrogens (tertiary/aromatic N) is 3. The van der Waals surface area contributed by atoms with Crippen molar-refractivity contribution in [2.45, 2.75) is 25.3 Å². The highest BCUT2D eigenvalue weighted by atomic mass is 32.2. The van der Waals surface area contributed by atoms with Crippen LogP contribution in [0.2, 0.25) is 0 Å². The summed E-state index contributed by atoms with van der Waals surface area (Å²) in [6.45, 7) is 4.14. The Balaban J connectivity index is 1.72. The lowest BCUT2D eigenvalue weighted by Gasteiger charge is -2.12. The number of hydrogen-bond acceptors (Lipinski definition) is 5. The highest BCUT2D eigenvalue weighted by Crippen LogP contribution is 2.22. The first-order valence-electron chi connectivity index (χ1n) is 8.60. The highest BCUT2D eigenvalue weighted by molar-refractivity contribution is 7.89. The van der Waals surface area contributed by atoms with Crippen LogP contribution in [0.1, 0.15) is 27.3 Å². The van der Waals surface area contributed by atoms with Crippen LogP contribution < -0.4 is 5.32 Å². The Labute approximate surface area is 168 Å². The summed E-state index contributed by atoms with van der Waals surface area (Å²) in [5, 5.41) is 5.62. The van der Waals surface area contributed by atoms with E-state index in [9.17, 15) is 13.2 Å². The van der Waals surface area contributed by atoms with Gasteiger partial charge in [-0.3, -0.25) is 9.36 Å². The van der Waals surface area contributed by atoms with E-state index in [1.165, 1.54) is 29.7 Å². The minimum absolute atomic E-state index is 0.180. The number of nitrogens with one attached hydrogen (secondary N) is 1. The van der Waals surface area contributed by atoms with Gasteiger partial charge in [0.1, 0.15) is 0 Å². The monoisotopic (exact) mass is 418 g/mol. The largest absolute Gasteiger partial charge is 0.348 e. The molecule has 0 bridgehead atoms. The number of rotatable bonds is 6. The first kappa shape index (κ1) is 20.2. The van der Waals surface area contributed by atoms with Crippen LogP contribution in [0.15, 0.2) is 46.8 Å². The fourth-order valence-electron chi connectivity index (χ4n) is 2.88. The van der Waals surface area contributed by atoms with E-state index in [0.717, 1.165) is 22.1 Å². The van der Waals surface area contributed by atoms with Gasteiger partial charge in [0.05, 0.1) is 10.5 Å². The SMILES string of the molecule is Cc1cc(C(=O)NCc2ccc(S(=O)(=O)N(C)C)cc2)c(C)n1-c1nccs1. The van der Waals surface area contributed by atoms with E-state index in [4.69, 9.17) is 0 Å². The quantitative estimate of drug-likeness (QED) is 0.667. The molecule has 0 radical (unpaired) electrons. The maximum Gasteiger partial charge on any atom is 0.253 e. The van der Waals surface area contributed by atoms with Gasteiger partial charge in [-0.15, -0.1) is 11.3 Å². The lowest BCUT2D eigenvalue weighted by Crippen LogP contribution is -2.24. The molecule has 7 nitrogen and oxygen atoms in total. The number of sulfonamides is 1. The number of aryl methyl sites for hydroxylation is 1. The van der Waals surface area contributed by atoms with Crippen molar-refractivity contribution in [1.29, 1.82) is 0 Å². The van der Waals surface area contributed by atoms with Crippen molar-refractivity contribution in [2.24, 2.45) is 0 Å². The van der Waals surface area contributed by atoms with Gasteiger partial charge in [-0.05, 0) is 37.6 Å². The molecular weight excluding hydrogens is 396 g/mol. The number of carbonyl (C=O) groups excluding carboxylic acids is 1. The van der Waals surface area contributed by atoms with Gasteiger partial charge in [0, 0.05) is 43.6 Å². The minimum Gasteiger partial charge on any atom is -0.348 e. The third kappa shape index (κ3) is 3.87. The molecule has 9 heteroatoms. The van der Waals surface area contributed by atoms with Gasteiger partial charge in [0.25, 0.3) is 5.91 Å². The summed E-state index contributed by atoms with van der Waals surface area (Å²) < 4.78 is 27.4. The van der Waals surface area contributed by atoms with E-state index in [2.05, 4.69) is 10.3 Å². The molecule has 0 aliphatic heterocycles. The second-order valence-electron chi connectivity index (χ2n) is 6.55. The molecule has 0 aliphatic carbocycles. The van der Waals surface area contributed by atoms with Crippen LogP contribution in [0.5, 0.6) is 0 Å². The molecule has 2 aromatic heterocycles. The molecule has 148 valence electrons. The number of carbonyl (C=O) groups is 1. The Morgan fingerprint density at radius 2 is 1.89 bits per heavy atom. The lowest BCUT2D eigenvalue weighted by atomic mass is 10.2. The Hall–Kier alpha value is -2.49. The molecule has 0 saturated heterocycles.